The molecule has 0 unspecified atom stereocenters. The quantitative estimate of drug-likeness (QED) is 0.814. The van der Waals surface area contributed by atoms with E-state index in [4.69, 9.17) is 10.5 Å². The lowest BCUT2D eigenvalue weighted by Crippen LogP contribution is -2.28. The number of nitrogens with zero attached hydrogens (tertiary/aromatic N) is 2. The number of aromatic nitrogens is 2. The van der Waals surface area contributed by atoms with E-state index >= 15 is 0 Å². The maximum atomic E-state index is 11.9. The van der Waals surface area contributed by atoms with E-state index in [1.165, 1.54) is 13.4 Å². The number of nitrogens with one attached hydrogen (secondary N) is 1. The minimum Gasteiger partial charge on any atom is -0.489 e. The highest BCUT2D eigenvalue weighted by molar-refractivity contribution is 5.53. The number of nitrogen functional groups attached to an aromatic ring is 1. The number of H-pyrrole nitrogens is 1. The molecule has 110 valence electrons. The summed E-state index contributed by atoms with van der Waals surface area (Å²) in [6.07, 6.45) is 3.62. The van der Waals surface area contributed by atoms with Gasteiger partial charge < -0.3 is 20.4 Å². The van der Waals surface area contributed by atoms with Gasteiger partial charge >= 0.3 is 0 Å². The van der Waals surface area contributed by atoms with Gasteiger partial charge in [0.25, 0.3) is 5.56 Å². The predicted molar refractivity (Wildman–Crippen MR) is 81.5 cm³/mol. The number of anilines is 2. The SMILES string of the molecule is COc1c(N(Cc2ccc(N)cc2)C2CC2)nc[nH]c1=O. The predicted octanol–water partition coefficient (Wildman–Crippen LogP) is 1.53. The summed E-state index contributed by atoms with van der Waals surface area (Å²) >= 11 is 0. The topological polar surface area (TPSA) is 84.2 Å². The van der Waals surface area contributed by atoms with Crippen LogP contribution in [0.3, 0.4) is 0 Å². The lowest BCUT2D eigenvalue weighted by Gasteiger charge is -2.24. The number of rotatable bonds is 5. The molecule has 2 aromatic rings. The highest BCUT2D eigenvalue weighted by atomic mass is 16.5. The monoisotopic (exact) mass is 286 g/mol. The maximum Gasteiger partial charge on any atom is 0.295 e. The molecule has 1 aliphatic carbocycles. The summed E-state index contributed by atoms with van der Waals surface area (Å²) < 4.78 is 5.22. The van der Waals surface area contributed by atoms with Gasteiger partial charge in [-0.2, -0.15) is 0 Å². The Kier molecular flexibility index (Phi) is 3.51. The lowest BCUT2D eigenvalue weighted by atomic mass is 10.2. The highest BCUT2D eigenvalue weighted by Crippen LogP contribution is 2.35. The van der Waals surface area contributed by atoms with Crippen LogP contribution in [0.2, 0.25) is 0 Å². The number of hydrogen-bond acceptors (Lipinski definition) is 5. The molecule has 1 aliphatic rings. The molecule has 3 N–H and O–H groups in total. The van der Waals surface area contributed by atoms with Gasteiger partial charge in [-0.05, 0) is 30.5 Å². The smallest absolute Gasteiger partial charge is 0.295 e. The summed E-state index contributed by atoms with van der Waals surface area (Å²) in [5, 5.41) is 0. The molecule has 0 aliphatic heterocycles. The normalized spacial score (nSPS) is 14.0. The minimum atomic E-state index is -0.259. The summed E-state index contributed by atoms with van der Waals surface area (Å²) in [4.78, 5) is 20.8. The third kappa shape index (κ3) is 2.84. The summed E-state index contributed by atoms with van der Waals surface area (Å²) in [6, 6.07) is 8.14. The Bertz CT molecular complexity index is 677. The Morgan fingerprint density at radius 2 is 2.10 bits per heavy atom. The molecule has 1 fully saturated rings. The number of methoxy groups -OCH3 is 1. The summed E-state index contributed by atoms with van der Waals surface area (Å²) in [5.74, 6) is 0.862. The molecule has 21 heavy (non-hydrogen) atoms. The zero-order valence-corrected chi connectivity index (χ0v) is 11.9. The van der Waals surface area contributed by atoms with Gasteiger partial charge in [0.05, 0.1) is 13.4 Å². The van der Waals surface area contributed by atoms with Crippen molar-refractivity contribution in [1.82, 2.24) is 9.97 Å². The van der Waals surface area contributed by atoms with Gasteiger partial charge in [0, 0.05) is 18.3 Å². The van der Waals surface area contributed by atoms with Crippen molar-refractivity contribution in [1.29, 1.82) is 0 Å². The largest absolute Gasteiger partial charge is 0.489 e. The van der Waals surface area contributed by atoms with E-state index in [1.54, 1.807) is 0 Å². The molecule has 0 spiro atoms. The molecule has 0 atom stereocenters. The van der Waals surface area contributed by atoms with Crippen molar-refractivity contribution < 1.29 is 4.74 Å². The van der Waals surface area contributed by atoms with E-state index in [-0.39, 0.29) is 11.3 Å². The Labute approximate surface area is 122 Å². The van der Waals surface area contributed by atoms with Crippen molar-refractivity contribution in [2.75, 3.05) is 17.7 Å². The molecule has 3 rings (SSSR count). The Hall–Kier alpha value is -2.50. The second kappa shape index (κ2) is 5.47. The maximum absolute atomic E-state index is 11.9. The molecular weight excluding hydrogens is 268 g/mol. The van der Waals surface area contributed by atoms with Crippen LogP contribution in [-0.2, 0) is 6.54 Å². The van der Waals surface area contributed by atoms with Gasteiger partial charge in [0.2, 0.25) is 5.75 Å². The summed E-state index contributed by atoms with van der Waals surface area (Å²) in [5.41, 5.74) is 7.32. The number of hydrogen-bond donors (Lipinski definition) is 2. The number of aromatic amines is 1. The Morgan fingerprint density at radius 1 is 1.38 bits per heavy atom. The van der Waals surface area contributed by atoms with E-state index in [1.807, 2.05) is 24.3 Å². The third-order valence-corrected chi connectivity index (χ3v) is 3.59. The van der Waals surface area contributed by atoms with Gasteiger partial charge in [-0.15, -0.1) is 0 Å². The molecule has 0 saturated heterocycles. The van der Waals surface area contributed by atoms with Gasteiger partial charge in [-0.1, -0.05) is 12.1 Å². The molecule has 6 heteroatoms. The molecule has 1 heterocycles. The van der Waals surface area contributed by atoms with Crippen molar-refractivity contribution in [3.63, 3.8) is 0 Å². The van der Waals surface area contributed by atoms with Gasteiger partial charge in [0.15, 0.2) is 5.82 Å². The van der Waals surface area contributed by atoms with Crippen LogP contribution in [0.1, 0.15) is 18.4 Å². The third-order valence-electron chi connectivity index (χ3n) is 3.59. The second-order valence-electron chi connectivity index (χ2n) is 5.19. The van der Waals surface area contributed by atoms with Crippen LogP contribution >= 0.6 is 0 Å². The van der Waals surface area contributed by atoms with Crippen LogP contribution in [0.25, 0.3) is 0 Å². The first-order valence-corrected chi connectivity index (χ1v) is 6.92. The number of nitrogens with two attached hydrogens (primary N) is 1. The molecule has 1 aromatic heterocycles. The first-order valence-electron chi connectivity index (χ1n) is 6.92. The molecule has 6 nitrogen and oxygen atoms in total. The van der Waals surface area contributed by atoms with Crippen molar-refractivity contribution in [3.8, 4) is 5.75 Å². The van der Waals surface area contributed by atoms with Crippen LogP contribution in [-0.4, -0.2) is 23.1 Å². The summed E-state index contributed by atoms with van der Waals surface area (Å²) in [7, 11) is 1.49. The fourth-order valence-corrected chi connectivity index (χ4v) is 2.35. The van der Waals surface area contributed by atoms with E-state index in [2.05, 4.69) is 14.9 Å². The van der Waals surface area contributed by atoms with Gasteiger partial charge in [0.1, 0.15) is 0 Å². The zero-order valence-electron chi connectivity index (χ0n) is 11.9. The van der Waals surface area contributed by atoms with Crippen LogP contribution in [0.15, 0.2) is 35.4 Å². The van der Waals surface area contributed by atoms with Crippen LogP contribution in [0.4, 0.5) is 11.5 Å². The lowest BCUT2D eigenvalue weighted by molar-refractivity contribution is 0.405. The highest BCUT2D eigenvalue weighted by Gasteiger charge is 2.32. The first kappa shape index (κ1) is 13.5. The number of ether oxygens (including phenoxy) is 1. The van der Waals surface area contributed by atoms with Crippen molar-refractivity contribution in [3.05, 3.63) is 46.5 Å². The van der Waals surface area contributed by atoms with E-state index in [0.29, 0.717) is 18.4 Å². The fourth-order valence-electron chi connectivity index (χ4n) is 2.35. The average molecular weight is 286 g/mol. The van der Waals surface area contributed by atoms with Gasteiger partial charge in [-0.3, -0.25) is 4.79 Å². The van der Waals surface area contributed by atoms with Crippen molar-refractivity contribution >= 4 is 11.5 Å². The Balaban J connectivity index is 1.93. The molecule has 1 aromatic carbocycles. The van der Waals surface area contributed by atoms with E-state index in [9.17, 15) is 4.79 Å². The average Bonchev–Trinajstić information content (AvgIpc) is 3.31. The van der Waals surface area contributed by atoms with Gasteiger partial charge in [-0.25, -0.2) is 4.98 Å². The van der Waals surface area contributed by atoms with Crippen molar-refractivity contribution in [2.45, 2.75) is 25.4 Å². The molecule has 1 saturated carbocycles. The first-order chi connectivity index (χ1) is 10.2. The molecule has 0 bridgehead atoms. The van der Waals surface area contributed by atoms with E-state index in [0.717, 1.165) is 24.1 Å². The van der Waals surface area contributed by atoms with E-state index < -0.39 is 0 Å². The van der Waals surface area contributed by atoms with Crippen LogP contribution < -0.4 is 20.9 Å². The zero-order chi connectivity index (χ0) is 14.8. The number of benzene rings is 1. The van der Waals surface area contributed by atoms with Crippen LogP contribution in [0.5, 0.6) is 5.75 Å². The standard InChI is InChI=1S/C15H18N4O2/c1-21-13-14(17-9-18-15(13)20)19(12-6-7-12)8-10-2-4-11(16)5-3-10/h2-5,9,12H,6-8,16H2,1H3,(H,17,18,20). The van der Waals surface area contributed by atoms with Crippen molar-refractivity contribution in [2.24, 2.45) is 0 Å². The molecule has 0 amide bonds. The fraction of sp³-hybridized carbons (Fsp3) is 0.333. The minimum absolute atomic E-state index is 0.259. The summed E-state index contributed by atoms with van der Waals surface area (Å²) in [6.45, 7) is 0.678. The second-order valence-corrected chi connectivity index (χ2v) is 5.19. The Morgan fingerprint density at radius 3 is 2.71 bits per heavy atom. The van der Waals surface area contributed by atoms with Crippen LogP contribution in [0, 0.1) is 0 Å². The molecule has 0 radical (unpaired) electrons. The molecular formula is C15H18N4O2.